The molecule has 0 saturated heterocycles. The SMILES string of the molecule is CNCC1CC(Oc2ccc(C#N)cc2F)C1. The third kappa shape index (κ3) is 2.75. The average Bonchev–Trinajstić information content (AvgIpc) is 2.28. The van der Waals surface area contributed by atoms with Gasteiger partial charge in [-0.05, 0) is 50.6 Å². The van der Waals surface area contributed by atoms with E-state index < -0.39 is 5.82 Å². The highest BCUT2D eigenvalue weighted by Gasteiger charge is 2.30. The predicted molar refractivity (Wildman–Crippen MR) is 62.2 cm³/mol. The number of benzene rings is 1. The standard InChI is InChI=1S/C13H15FN2O/c1-16-8-10-4-11(5-10)17-13-3-2-9(7-15)6-12(13)14/h2-3,6,10-11,16H,4-5,8H2,1H3. The second-order valence-electron chi connectivity index (χ2n) is 4.39. The number of rotatable bonds is 4. The van der Waals surface area contributed by atoms with Gasteiger partial charge in [-0.2, -0.15) is 5.26 Å². The number of ether oxygens (including phenoxy) is 1. The first-order valence-corrected chi connectivity index (χ1v) is 5.74. The van der Waals surface area contributed by atoms with Crippen molar-refractivity contribution in [2.24, 2.45) is 5.92 Å². The fourth-order valence-corrected chi connectivity index (χ4v) is 2.07. The molecule has 0 heterocycles. The third-order valence-electron chi connectivity index (χ3n) is 3.04. The van der Waals surface area contributed by atoms with E-state index in [-0.39, 0.29) is 11.9 Å². The number of nitriles is 1. The van der Waals surface area contributed by atoms with Crippen LogP contribution in [0.2, 0.25) is 0 Å². The molecular formula is C13H15FN2O. The summed E-state index contributed by atoms with van der Waals surface area (Å²) in [5.74, 6) is 0.421. The maximum Gasteiger partial charge on any atom is 0.166 e. The molecule has 0 radical (unpaired) electrons. The van der Waals surface area contributed by atoms with Crippen LogP contribution < -0.4 is 10.1 Å². The Morgan fingerprint density at radius 3 is 2.88 bits per heavy atom. The van der Waals surface area contributed by atoms with E-state index in [4.69, 9.17) is 10.00 Å². The first kappa shape index (κ1) is 11.9. The molecule has 0 bridgehead atoms. The topological polar surface area (TPSA) is 45.0 Å². The Bertz CT molecular complexity index is 436. The molecule has 1 N–H and O–H groups in total. The van der Waals surface area contributed by atoms with Gasteiger partial charge in [-0.1, -0.05) is 0 Å². The van der Waals surface area contributed by atoms with Crippen LogP contribution in [0.25, 0.3) is 0 Å². The fourth-order valence-electron chi connectivity index (χ4n) is 2.07. The average molecular weight is 234 g/mol. The van der Waals surface area contributed by atoms with Crippen molar-refractivity contribution in [1.82, 2.24) is 5.32 Å². The highest BCUT2D eigenvalue weighted by atomic mass is 19.1. The Hall–Kier alpha value is -1.60. The van der Waals surface area contributed by atoms with Crippen LogP contribution in [0.3, 0.4) is 0 Å². The summed E-state index contributed by atoms with van der Waals surface area (Å²) < 4.78 is 19.1. The maximum absolute atomic E-state index is 13.5. The Morgan fingerprint density at radius 1 is 1.53 bits per heavy atom. The highest BCUT2D eigenvalue weighted by Crippen LogP contribution is 2.31. The Kier molecular flexibility index (Phi) is 3.60. The molecular weight excluding hydrogens is 219 g/mol. The van der Waals surface area contributed by atoms with Crippen LogP contribution in [0.15, 0.2) is 18.2 Å². The van der Waals surface area contributed by atoms with Crippen LogP contribution in [-0.2, 0) is 0 Å². The summed E-state index contributed by atoms with van der Waals surface area (Å²) in [6.07, 6.45) is 2.02. The smallest absolute Gasteiger partial charge is 0.166 e. The molecule has 0 unspecified atom stereocenters. The molecule has 1 aliphatic carbocycles. The van der Waals surface area contributed by atoms with Crippen LogP contribution in [-0.4, -0.2) is 19.7 Å². The Morgan fingerprint density at radius 2 is 2.29 bits per heavy atom. The zero-order valence-electron chi connectivity index (χ0n) is 9.74. The number of hydrogen-bond donors (Lipinski definition) is 1. The van der Waals surface area contributed by atoms with Crippen LogP contribution >= 0.6 is 0 Å². The van der Waals surface area contributed by atoms with Crippen molar-refractivity contribution >= 4 is 0 Å². The molecule has 3 nitrogen and oxygen atoms in total. The summed E-state index contributed by atoms with van der Waals surface area (Å²) in [5.41, 5.74) is 0.316. The molecule has 90 valence electrons. The van der Waals surface area contributed by atoms with Gasteiger partial charge in [-0.3, -0.25) is 0 Å². The summed E-state index contributed by atoms with van der Waals surface area (Å²) >= 11 is 0. The zero-order chi connectivity index (χ0) is 12.3. The monoisotopic (exact) mass is 234 g/mol. The van der Waals surface area contributed by atoms with E-state index in [2.05, 4.69) is 5.32 Å². The van der Waals surface area contributed by atoms with Gasteiger partial charge >= 0.3 is 0 Å². The van der Waals surface area contributed by atoms with Crippen molar-refractivity contribution < 1.29 is 9.13 Å². The fraction of sp³-hybridized carbons (Fsp3) is 0.462. The van der Waals surface area contributed by atoms with E-state index in [1.165, 1.54) is 12.1 Å². The van der Waals surface area contributed by atoms with Gasteiger partial charge in [-0.15, -0.1) is 0 Å². The van der Waals surface area contributed by atoms with Crippen LogP contribution in [0.1, 0.15) is 18.4 Å². The molecule has 0 amide bonds. The quantitative estimate of drug-likeness (QED) is 0.867. The van der Waals surface area contributed by atoms with Crippen molar-refractivity contribution in [3.05, 3.63) is 29.6 Å². The second kappa shape index (κ2) is 5.15. The molecule has 2 rings (SSSR count). The zero-order valence-corrected chi connectivity index (χ0v) is 9.74. The van der Waals surface area contributed by atoms with Gasteiger partial charge < -0.3 is 10.1 Å². The first-order valence-electron chi connectivity index (χ1n) is 5.74. The second-order valence-corrected chi connectivity index (χ2v) is 4.39. The molecule has 0 atom stereocenters. The lowest BCUT2D eigenvalue weighted by Gasteiger charge is -2.35. The van der Waals surface area contributed by atoms with Gasteiger partial charge in [0, 0.05) is 0 Å². The molecule has 1 saturated carbocycles. The number of hydrogen-bond acceptors (Lipinski definition) is 3. The lowest BCUT2D eigenvalue weighted by molar-refractivity contribution is 0.0622. The Balaban J connectivity index is 1.91. The molecule has 1 fully saturated rings. The van der Waals surface area contributed by atoms with E-state index in [9.17, 15) is 4.39 Å². The summed E-state index contributed by atoms with van der Waals surface area (Å²) in [7, 11) is 1.93. The molecule has 0 aliphatic heterocycles. The first-order chi connectivity index (χ1) is 8.22. The normalized spacial score (nSPS) is 22.6. The minimum absolute atomic E-state index is 0.107. The van der Waals surface area contributed by atoms with Gasteiger partial charge in [0.05, 0.1) is 17.7 Å². The molecule has 4 heteroatoms. The molecule has 1 aromatic rings. The van der Waals surface area contributed by atoms with Gasteiger partial charge in [0.15, 0.2) is 11.6 Å². The highest BCUT2D eigenvalue weighted by molar-refractivity contribution is 5.36. The van der Waals surface area contributed by atoms with Gasteiger partial charge in [0.25, 0.3) is 0 Å². The largest absolute Gasteiger partial charge is 0.487 e. The van der Waals surface area contributed by atoms with E-state index in [0.717, 1.165) is 19.4 Å². The molecule has 1 aliphatic rings. The summed E-state index contributed by atoms with van der Waals surface area (Å²) in [4.78, 5) is 0. The Labute approximate surface area is 100 Å². The lowest BCUT2D eigenvalue weighted by atomic mass is 9.82. The minimum Gasteiger partial charge on any atom is -0.487 e. The van der Waals surface area contributed by atoms with Gasteiger partial charge in [-0.25, -0.2) is 4.39 Å². The van der Waals surface area contributed by atoms with Crippen LogP contribution in [0.4, 0.5) is 4.39 Å². The van der Waals surface area contributed by atoms with Crippen LogP contribution in [0.5, 0.6) is 5.75 Å². The van der Waals surface area contributed by atoms with Crippen molar-refractivity contribution in [2.75, 3.05) is 13.6 Å². The summed E-state index contributed by atoms with van der Waals surface area (Å²) in [5, 5.41) is 11.7. The van der Waals surface area contributed by atoms with Crippen LogP contribution in [0, 0.1) is 23.1 Å². The molecule has 0 spiro atoms. The van der Waals surface area contributed by atoms with E-state index in [1.807, 2.05) is 13.1 Å². The van der Waals surface area contributed by atoms with Crippen molar-refractivity contribution in [2.45, 2.75) is 18.9 Å². The summed E-state index contributed by atoms with van der Waals surface area (Å²) in [6.45, 7) is 0.982. The van der Waals surface area contributed by atoms with Gasteiger partial charge in [0.1, 0.15) is 0 Å². The predicted octanol–water partition coefficient (Wildman–Crippen LogP) is 2.07. The summed E-state index contributed by atoms with van der Waals surface area (Å²) in [6, 6.07) is 6.20. The van der Waals surface area contributed by atoms with E-state index in [1.54, 1.807) is 6.07 Å². The molecule has 1 aromatic carbocycles. The van der Waals surface area contributed by atoms with Crippen molar-refractivity contribution in [3.63, 3.8) is 0 Å². The third-order valence-corrected chi connectivity index (χ3v) is 3.04. The minimum atomic E-state index is -0.457. The van der Waals surface area contributed by atoms with E-state index in [0.29, 0.717) is 11.5 Å². The number of nitrogens with one attached hydrogen (secondary N) is 1. The molecule has 17 heavy (non-hydrogen) atoms. The van der Waals surface area contributed by atoms with Gasteiger partial charge in [0.2, 0.25) is 0 Å². The van der Waals surface area contributed by atoms with Crippen molar-refractivity contribution in [1.29, 1.82) is 5.26 Å². The van der Waals surface area contributed by atoms with E-state index >= 15 is 0 Å². The van der Waals surface area contributed by atoms with Crippen molar-refractivity contribution in [3.8, 4) is 11.8 Å². The lowest BCUT2D eigenvalue weighted by Crippen LogP contribution is -2.38. The molecule has 0 aromatic heterocycles. The number of halogens is 1. The number of nitrogens with zero attached hydrogens (tertiary/aromatic N) is 1. The maximum atomic E-state index is 13.5.